The van der Waals surface area contributed by atoms with E-state index in [4.69, 9.17) is 0 Å². The fourth-order valence-corrected chi connectivity index (χ4v) is 1.36. The van der Waals surface area contributed by atoms with Crippen LogP contribution in [0.4, 0.5) is 4.39 Å². The maximum Gasteiger partial charge on any atom is 0.141 e. The van der Waals surface area contributed by atoms with Gasteiger partial charge in [-0.1, -0.05) is 12.1 Å². The van der Waals surface area contributed by atoms with Crippen molar-refractivity contribution in [1.82, 2.24) is 4.98 Å². The first-order chi connectivity index (χ1) is 7.18. The average molecular weight is 203 g/mol. The molecule has 2 rings (SSSR count). The Hall–Kier alpha value is -1.90. The molecule has 0 bridgehead atoms. The molecule has 2 nitrogen and oxygen atoms in total. The number of aryl methyl sites for hydroxylation is 1. The fraction of sp³-hybridized carbons (Fsp3) is 0.0833. The number of pyridine rings is 1. The van der Waals surface area contributed by atoms with Gasteiger partial charge in [0.15, 0.2) is 0 Å². The Labute approximate surface area is 87.0 Å². The van der Waals surface area contributed by atoms with E-state index < -0.39 is 0 Å². The largest absolute Gasteiger partial charge is 0.506 e. The second-order valence-corrected chi connectivity index (χ2v) is 3.34. The van der Waals surface area contributed by atoms with Crippen LogP contribution in [0.3, 0.4) is 0 Å². The molecule has 0 atom stereocenters. The molecule has 0 aliphatic heterocycles. The van der Waals surface area contributed by atoms with Crippen molar-refractivity contribution in [2.45, 2.75) is 6.92 Å². The van der Waals surface area contributed by atoms with Crippen LogP contribution in [0.5, 0.6) is 5.75 Å². The van der Waals surface area contributed by atoms with Crippen molar-refractivity contribution < 1.29 is 9.50 Å². The Morgan fingerprint density at radius 2 is 2.07 bits per heavy atom. The van der Waals surface area contributed by atoms with Crippen molar-refractivity contribution in [1.29, 1.82) is 0 Å². The maximum atomic E-state index is 13.3. The first-order valence-electron chi connectivity index (χ1n) is 4.59. The van der Waals surface area contributed by atoms with E-state index in [-0.39, 0.29) is 11.6 Å². The molecule has 2 aromatic rings. The predicted molar refractivity (Wildman–Crippen MR) is 56.0 cm³/mol. The average Bonchev–Trinajstić information content (AvgIpc) is 2.23. The third kappa shape index (κ3) is 1.81. The van der Waals surface area contributed by atoms with Gasteiger partial charge in [0, 0.05) is 11.8 Å². The van der Waals surface area contributed by atoms with Crippen LogP contribution < -0.4 is 0 Å². The van der Waals surface area contributed by atoms with E-state index in [0.717, 1.165) is 0 Å². The number of halogens is 1. The summed E-state index contributed by atoms with van der Waals surface area (Å²) in [6.07, 6.45) is 1.56. The van der Waals surface area contributed by atoms with E-state index in [9.17, 15) is 9.50 Å². The summed E-state index contributed by atoms with van der Waals surface area (Å²) in [7, 11) is 0. The number of hydrogen-bond donors (Lipinski definition) is 1. The van der Waals surface area contributed by atoms with Crippen LogP contribution in [0.25, 0.3) is 11.3 Å². The van der Waals surface area contributed by atoms with E-state index in [1.165, 1.54) is 12.1 Å². The van der Waals surface area contributed by atoms with Crippen LogP contribution in [0.1, 0.15) is 5.56 Å². The lowest BCUT2D eigenvalue weighted by Crippen LogP contribution is -1.87. The number of nitrogens with zero attached hydrogens (tertiary/aromatic N) is 1. The first kappa shape index (κ1) is 9.65. The number of aromatic hydroxyl groups is 1. The number of hydrogen-bond acceptors (Lipinski definition) is 2. The molecule has 0 amide bonds. The van der Waals surface area contributed by atoms with Gasteiger partial charge in [0.05, 0.1) is 0 Å². The molecule has 0 aliphatic rings. The van der Waals surface area contributed by atoms with Gasteiger partial charge in [-0.05, 0) is 30.7 Å². The molecule has 0 spiro atoms. The van der Waals surface area contributed by atoms with Crippen molar-refractivity contribution in [3.05, 3.63) is 47.9 Å². The van der Waals surface area contributed by atoms with Crippen LogP contribution in [-0.4, -0.2) is 10.1 Å². The molecular formula is C12H10FNO. The molecule has 3 heteroatoms. The summed E-state index contributed by atoms with van der Waals surface area (Å²) in [5.41, 5.74) is 1.56. The van der Waals surface area contributed by atoms with Gasteiger partial charge in [0.1, 0.15) is 17.3 Å². The van der Waals surface area contributed by atoms with Gasteiger partial charge in [-0.15, -0.1) is 0 Å². The smallest absolute Gasteiger partial charge is 0.141 e. The summed E-state index contributed by atoms with van der Waals surface area (Å²) in [4.78, 5) is 4.00. The normalized spacial score (nSPS) is 10.3. The third-order valence-electron chi connectivity index (χ3n) is 2.23. The van der Waals surface area contributed by atoms with E-state index in [2.05, 4.69) is 4.98 Å². The van der Waals surface area contributed by atoms with Crippen molar-refractivity contribution >= 4 is 0 Å². The van der Waals surface area contributed by atoms with Gasteiger partial charge in [-0.2, -0.15) is 0 Å². The van der Waals surface area contributed by atoms with E-state index in [0.29, 0.717) is 16.8 Å². The third-order valence-corrected chi connectivity index (χ3v) is 2.23. The Morgan fingerprint density at radius 3 is 2.73 bits per heavy atom. The summed E-state index contributed by atoms with van der Waals surface area (Å²) in [5.74, 6) is -0.238. The van der Waals surface area contributed by atoms with Crippen molar-refractivity contribution in [3.8, 4) is 17.0 Å². The Balaban J connectivity index is 2.55. The standard InChI is InChI=1S/C12H10FNO/c1-8-4-5-9(7-10(8)13)12-11(15)3-2-6-14-12/h2-7,15H,1H3. The molecule has 0 radical (unpaired) electrons. The molecule has 0 saturated carbocycles. The quantitative estimate of drug-likeness (QED) is 0.773. The molecule has 0 saturated heterocycles. The number of aromatic nitrogens is 1. The van der Waals surface area contributed by atoms with Gasteiger partial charge in [-0.3, -0.25) is 4.98 Å². The predicted octanol–water partition coefficient (Wildman–Crippen LogP) is 2.90. The fourth-order valence-electron chi connectivity index (χ4n) is 1.36. The summed E-state index contributed by atoms with van der Waals surface area (Å²) < 4.78 is 13.3. The van der Waals surface area contributed by atoms with Crippen molar-refractivity contribution in [2.24, 2.45) is 0 Å². The lowest BCUT2D eigenvalue weighted by Gasteiger charge is -2.04. The summed E-state index contributed by atoms with van der Waals surface area (Å²) in [5, 5.41) is 9.54. The minimum absolute atomic E-state index is 0.0563. The molecule has 1 heterocycles. The second kappa shape index (κ2) is 3.69. The minimum atomic E-state index is -0.294. The minimum Gasteiger partial charge on any atom is -0.506 e. The van der Waals surface area contributed by atoms with Crippen LogP contribution in [0, 0.1) is 12.7 Å². The van der Waals surface area contributed by atoms with Gasteiger partial charge in [0.25, 0.3) is 0 Å². The SMILES string of the molecule is Cc1ccc(-c2ncccc2O)cc1F. The maximum absolute atomic E-state index is 13.3. The van der Waals surface area contributed by atoms with Crippen LogP contribution in [-0.2, 0) is 0 Å². The van der Waals surface area contributed by atoms with Crippen LogP contribution in [0.15, 0.2) is 36.5 Å². The highest BCUT2D eigenvalue weighted by molar-refractivity contribution is 5.65. The molecule has 76 valence electrons. The molecule has 0 aliphatic carbocycles. The van der Waals surface area contributed by atoms with Gasteiger partial charge < -0.3 is 5.11 Å². The highest BCUT2D eigenvalue weighted by Gasteiger charge is 2.06. The number of rotatable bonds is 1. The highest BCUT2D eigenvalue weighted by Crippen LogP contribution is 2.27. The van der Waals surface area contributed by atoms with Crippen molar-refractivity contribution in [3.63, 3.8) is 0 Å². The zero-order valence-corrected chi connectivity index (χ0v) is 8.24. The first-order valence-corrected chi connectivity index (χ1v) is 4.59. The molecular weight excluding hydrogens is 193 g/mol. The van der Waals surface area contributed by atoms with E-state index in [1.807, 2.05) is 0 Å². The lowest BCUT2D eigenvalue weighted by molar-refractivity contribution is 0.475. The molecule has 0 fully saturated rings. The number of benzene rings is 1. The highest BCUT2D eigenvalue weighted by atomic mass is 19.1. The van der Waals surface area contributed by atoms with Crippen LogP contribution >= 0.6 is 0 Å². The summed E-state index contributed by atoms with van der Waals surface area (Å²) >= 11 is 0. The summed E-state index contributed by atoms with van der Waals surface area (Å²) in [6, 6.07) is 7.93. The van der Waals surface area contributed by atoms with Gasteiger partial charge >= 0.3 is 0 Å². The van der Waals surface area contributed by atoms with Gasteiger partial charge in [0.2, 0.25) is 0 Å². The monoisotopic (exact) mass is 203 g/mol. The zero-order chi connectivity index (χ0) is 10.8. The zero-order valence-electron chi connectivity index (χ0n) is 8.24. The van der Waals surface area contributed by atoms with E-state index >= 15 is 0 Å². The Kier molecular flexibility index (Phi) is 2.37. The lowest BCUT2D eigenvalue weighted by atomic mass is 10.1. The molecule has 1 N–H and O–H groups in total. The Morgan fingerprint density at radius 1 is 1.27 bits per heavy atom. The van der Waals surface area contributed by atoms with Gasteiger partial charge in [-0.25, -0.2) is 4.39 Å². The molecule has 15 heavy (non-hydrogen) atoms. The Bertz CT molecular complexity index is 497. The summed E-state index contributed by atoms with van der Waals surface area (Å²) in [6.45, 7) is 1.69. The molecule has 1 aromatic heterocycles. The topological polar surface area (TPSA) is 33.1 Å². The second-order valence-electron chi connectivity index (χ2n) is 3.34. The van der Waals surface area contributed by atoms with E-state index in [1.54, 1.807) is 31.3 Å². The molecule has 1 aromatic carbocycles. The van der Waals surface area contributed by atoms with Crippen LogP contribution in [0.2, 0.25) is 0 Å². The van der Waals surface area contributed by atoms with Crippen molar-refractivity contribution in [2.75, 3.05) is 0 Å². The molecule has 0 unspecified atom stereocenters.